The number of nitrogens with two attached hydrogens (primary N) is 1. The van der Waals surface area contributed by atoms with E-state index in [-0.39, 0.29) is 6.10 Å². The predicted molar refractivity (Wildman–Crippen MR) is 79.0 cm³/mol. The lowest BCUT2D eigenvalue weighted by molar-refractivity contribution is 0.0481. The fourth-order valence-electron chi connectivity index (χ4n) is 2.30. The Hall–Kier alpha value is -1.01. The Morgan fingerprint density at radius 2 is 2.16 bits per heavy atom. The molecule has 2 rings (SSSR count). The van der Waals surface area contributed by atoms with Gasteiger partial charge in [0, 0.05) is 13.1 Å². The lowest BCUT2D eigenvalue weighted by Crippen LogP contribution is -2.28. The second kappa shape index (κ2) is 5.54. The van der Waals surface area contributed by atoms with Crippen molar-refractivity contribution in [1.29, 1.82) is 0 Å². The summed E-state index contributed by atoms with van der Waals surface area (Å²) in [7, 11) is 0. The van der Waals surface area contributed by atoms with Crippen LogP contribution in [0.2, 0.25) is 0 Å². The molecule has 1 unspecified atom stereocenters. The van der Waals surface area contributed by atoms with Gasteiger partial charge in [0.15, 0.2) is 16.6 Å². The van der Waals surface area contributed by atoms with Crippen molar-refractivity contribution < 1.29 is 9.84 Å². The molecule has 0 saturated carbocycles. The molecule has 5 nitrogen and oxygen atoms in total. The zero-order valence-electron chi connectivity index (χ0n) is 11.8. The first kappa shape index (κ1) is 14.4. The average Bonchev–Trinajstić information content (AvgIpc) is 2.55. The lowest BCUT2D eigenvalue weighted by Gasteiger charge is -2.24. The van der Waals surface area contributed by atoms with Gasteiger partial charge in [-0.25, -0.2) is 0 Å². The van der Waals surface area contributed by atoms with Gasteiger partial charge in [-0.3, -0.25) is 0 Å². The van der Waals surface area contributed by atoms with Gasteiger partial charge in [0.2, 0.25) is 0 Å². The number of nitrogens with zero attached hydrogens (tertiary/aromatic N) is 2. The summed E-state index contributed by atoms with van der Waals surface area (Å²) in [6, 6.07) is 0. The minimum absolute atomic E-state index is 0.0764. The molecule has 2 heterocycles. The van der Waals surface area contributed by atoms with Crippen LogP contribution in [0, 0.1) is 0 Å². The van der Waals surface area contributed by atoms with Crippen LogP contribution >= 0.6 is 11.5 Å². The molecule has 3 N–H and O–H groups in total. The Morgan fingerprint density at radius 3 is 2.84 bits per heavy atom. The van der Waals surface area contributed by atoms with E-state index in [2.05, 4.69) is 9.27 Å². The zero-order valence-corrected chi connectivity index (χ0v) is 12.7. The predicted octanol–water partition coefficient (Wildman–Crippen LogP) is 2.25. The fourth-order valence-corrected chi connectivity index (χ4v) is 3.10. The summed E-state index contributed by atoms with van der Waals surface area (Å²) in [5, 5.41) is 11.1. The summed E-state index contributed by atoms with van der Waals surface area (Å²) in [6.07, 6.45) is 2.63. The molecule has 19 heavy (non-hydrogen) atoms. The molecule has 0 aliphatic carbocycles. The molecule has 1 saturated heterocycles. The van der Waals surface area contributed by atoms with Gasteiger partial charge in [0.05, 0.1) is 11.7 Å². The number of rotatable bonds is 3. The van der Waals surface area contributed by atoms with E-state index < -0.39 is 5.60 Å². The third-order valence-electron chi connectivity index (χ3n) is 3.36. The summed E-state index contributed by atoms with van der Waals surface area (Å²) in [4.78, 5) is 2.23. The van der Waals surface area contributed by atoms with Crippen molar-refractivity contribution in [2.45, 2.75) is 51.7 Å². The Morgan fingerprint density at radius 1 is 1.42 bits per heavy atom. The van der Waals surface area contributed by atoms with Crippen molar-refractivity contribution >= 4 is 22.4 Å². The third kappa shape index (κ3) is 3.51. The van der Waals surface area contributed by atoms with Gasteiger partial charge >= 0.3 is 0 Å². The number of nitrogen functional groups attached to an aromatic ring is 1. The fraction of sp³-hybridized carbons (Fsp3) is 0.769. The minimum atomic E-state index is -0.565. The number of hydrogen-bond acceptors (Lipinski definition) is 6. The number of ether oxygens (including phenoxy) is 1. The van der Waals surface area contributed by atoms with Crippen LogP contribution in [-0.2, 0) is 0 Å². The molecule has 6 heteroatoms. The van der Waals surface area contributed by atoms with Gasteiger partial charge < -0.3 is 20.5 Å². The molecule has 0 radical (unpaired) electrons. The second-order valence-electron chi connectivity index (χ2n) is 5.71. The van der Waals surface area contributed by atoms with Crippen LogP contribution in [0.1, 0.15) is 40.0 Å². The number of hydrogen-bond donors (Lipinski definition) is 2. The van der Waals surface area contributed by atoms with E-state index >= 15 is 0 Å². The van der Waals surface area contributed by atoms with Gasteiger partial charge in [-0.05, 0) is 51.6 Å². The van der Waals surface area contributed by atoms with Gasteiger partial charge in [-0.15, -0.1) is 0 Å². The summed E-state index contributed by atoms with van der Waals surface area (Å²) in [6.45, 7) is 7.58. The first-order valence-corrected chi connectivity index (χ1v) is 7.55. The molecule has 1 aromatic rings. The van der Waals surface area contributed by atoms with Crippen LogP contribution in [0.15, 0.2) is 0 Å². The van der Waals surface area contributed by atoms with Crippen molar-refractivity contribution in [2.24, 2.45) is 0 Å². The van der Waals surface area contributed by atoms with E-state index in [0.29, 0.717) is 11.6 Å². The van der Waals surface area contributed by atoms with Gasteiger partial charge in [-0.1, -0.05) is 0 Å². The van der Waals surface area contributed by atoms with Gasteiger partial charge in [0.25, 0.3) is 0 Å². The van der Waals surface area contributed by atoms with E-state index in [1.165, 1.54) is 11.5 Å². The van der Waals surface area contributed by atoms with Crippen LogP contribution < -0.4 is 15.4 Å². The summed E-state index contributed by atoms with van der Waals surface area (Å²) in [5.74, 6) is 1.16. The molecule has 108 valence electrons. The zero-order chi connectivity index (χ0) is 14.0. The lowest BCUT2D eigenvalue weighted by atomic mass is 9.98. The number of aromatic nitrogens is 1. The first-order valence-electron chi connectivity index (χ1n) is 6.78. The number of aliphatic hydroxyl groups is 1. The largest absolute Gasteiger partial charge is 0.484 e. The van der Waals surface area contributed by atoms with Crippen molar-refractivity contribution in [3.8, 4) is 5.75 Å². The quantitative estimate of drug-likeness (QED) is 0.891. The highest BCUT2D eigenvalue weighted by Crippen LogP contribution is 2.40. The average molecular weight is 285 g/mol. The monoisotopic (exact) mass is 285 g/mol. The van der Waals surface area contributed by atoms with Crippen LogP contribution in [-0.4, -0.2) is 34.3 Å². The molecule has 1 fully saturated rings. The molecule has 1 atom stereocenters. The highest BCUT2D eigenvalue weighted by molar-refractivity contribution is 7.11. The van der Waals surface area contributed by atoms with E-state index in [4.69, 9.17) is 10.5 Å². The highest BCUT2D eigenvalue weighted by Gasteiger charge is 2.28. The molecule has 1 aliphatic rings. The Labute approximate surface area is 118 Å². The maximum absolute atomic E-state index is 10.1. The molecule has 0 aromatic carbocycles. The van der Waals surface area contributed by atoms with Gasteiger partial charge in [0.1, 0.15) is 0 Å². The maximum atomic E-state index is 10.1. The third-order valence-corrected chi connectivity index (χ3v) is 4.27. The van der Waals surface area contributed by atoms with E-state index in [1.807, 2.05) is 20.8 Å². The molecular weight excluding hydrogens is 262 g/mol. The Balaban J connectivity index is 2.17. The molecule has 0 bridgehead atoms. The minimum Gasteiger partial charge on any atom is -0.484 e. The topological polar surface area (TPSA) is 71.6 Å². The smallest absolute Gasteiger partial charge is 0.198 e. The molecule has 1 aliphatic heterocycles. The molecule has 0 spiro atoms. The Kier molecular flexibility index (Phi) is 4.20. The van der Waals surface area contributed by atoms with Crippen LogP contribution in [0.3, 0.4) is 0 Å². The molecule has 1 aromatic heterocycles. The van der Waals surface area contributed by atoms with E-state index in [1.54, 1.807) is 0 Å². The van der Waals surface area contributed by atoms with Crippen LogP contribution in [0.4, 0.5) is 10.8 Å². The van der Waals surface area contributed by atoms with Gasteiger partial charge in [-0.2, -0.15) is 4.37 Å². The van der Waals surface area contributed by atoms with Crippen LogP contribution in [0.5, 0.6) is 5.75 Å². The highest BCUT2D eigenvalue weighted by atomic mass is 32.1. The Bertz CT molecular complexity index is 432. The SMILES string of the molecule is CC(C)Oc1c(N)nsc1N1CCCC(C)(O)CC1. The first-order chi connectivity index (χ1) is 8.89. The number of anilines is 2. The molecule has 0 amide bonds. The van der Waals surface area contributed by atoms with E-state index in [0.717, 1.165) is 37.4 Å². The van der Waals surface area contributed by atoms with Crippen molar-refractivity contribution in [3.63, 3.8) is 0 Å². The molecular formula is C13H23N3O2S. The van der Waals surface area contributed by atoms with Crippen molar-refractivity contribution in [2.75, 3.05) is 23.7 Å². The normalized spacial score (nSPS) is 24.6. The summed E-state index contributed by atoms with van der Waals surface area (Å²) >= 11 is 1.38. The second-order valence-corrected chi connectivity index (χ2v) is 6.46. The van der Waals surface area contributed by atoms with Crippen molar-refractivity contribution in [3.05, 3.63) is 0 Å². The summed E-state index contributed by atoms with van der Waals surface area (Å²) < 4.78 is 9.98. The van der Waals surface area contributed by atoms with Crippen LogP contribution in [0.25, 0.3) is 0 Å². The van der Waals surface area contributed by atoms with Crippen molar-refractivity contribution in [1.82, 2.24) is 4.37 Å². The van der Waals surface area contributed by atoms with E-state index in [9.17, 15) is 5.11 Å². The maximum Gasteiger partial charge on any atom is 0.198 e. The summed E-state index contributed by atoms with van der Waals surface area (Å²) in [5.41, 5.74) is 5.32. The standard InChI is InChI=1S/C13H23N3O2S/c1-9(2)18-10-11(14)15-19-12(10)16-7-4-5-13(3,17)6-8-16/h9,17H,4-8H2,1-3H3,(H2,14,15).